The van der Waals surface area contributed by atoms with Gasteiger partial charge in [-0.05, 0) is 49.1 Å². The first-order chi connectivity index (χ1) is 25.4. The molecule has 3 aromatic carbocycles. The monoisotopic (exact) mass is 727 g/mol. The Morgan fingerprint density at radius 1 is 0.827 bits per heavy atom. The van der Waals surface area contributed by atoms with Crippen LogP contribution < -0.4 is 14.8 Å². The summed E-state index contributed by atoms with van der Waals surface area (Å²) in [6.07, 6.45) is 7.12. The van der Waals surface area contributed by atoms with E-state index in [9.17, 15) is 4.57 Å². The average molecular weight is 728 g/mol. The van der Waals surface area contributed by atoms with Crippen LogP contribution in [0.2, 0.25) is 0 Å². The van der Waals surface area contributed by atoms with Crippen molar-refractivity contribution >= 4 is 24.7 Å². The molecule has 1 aliphatic carbocycles. The summed E-state index contributed by atoms with van der Waals surface area (Å²) >= 11 is 0. The van der Waals surface area contributed by atoms with Gasteiger partial charge in [-0.2, -0.15) is 9.97 Å². The highest BCUT2D eigenvalue weighted by atomic mass is 31.2. The molecule has 0 aliphatic heterocycles. The summed E-state index contributed by atoms with van der Waals surface area (Å²) in [4.78, 5) is 14.6. The molecule has 12 nitrogen and oxygen atoms in total. The number of nitrogens with one attached hydrogen (secondary N) is 1. The Balaban J connectivity index is 1.23. The molecule has 5 aromatic rings. The first kappa shape index (κ1) is 37.2. The van der Waals surface area contributed by atoms with Gasteiger partial charge in [0.25, 0.3) is 0 Å². The molecule has 0 fully saturated rings. The maximum Gasteiger partial charge on any atom is 0.356 e. The molecule has 0 unspecified atom stereocenters. The van der Waals surface area contributed by atoms with Crippen molar-refractivity contribution in [2.75, 3.05) is 52.3 Å². The van der Waals surface area contributed by atoms with Crippen LogP contribution in [-0.2, 0) is 28.6 Å². The molecular weight excluding hydrogens is 681 g/mol. The quantitative estimate of drug-likeness (QED) is 0.0388. The van der Waals surface area contributed by atoms with Crippen LogP contribution >= 0.6 is 7.60 Å². The van der Waals surface area contributed by atoms with Crippen LogP contribution in [0.4, 0.5) is 5.95 Å². The van der Waals surface area contributed by atoms with Crippen molar-refractivity contribution < 1.29 is 32.6 Å². The second kappa shape index (κ2) is 17.3. The van der Waals surface area contributed by atoms with Gasteiger partial charge in [-0.15, -0.1) is 0 Å². The fraction of sp³-hybridized carbons (Fsp3) is 0.359. The van der Waals surface area contributed by atoms with Gasteiger partial charge in [0.05, 0.1) is 45.9 Å². The summed E-state index contributed by atoms with van der Waals surface area (Å²) in [6.45, 7) is 5.02. The molecule has 0 saturated carbocycles. The SMILES string of the molecule is CCOP(=O)(COCCCO[C@@H]1C=C[C@H](n2cnc3c(OC)nc(NC(c4ccccc4)(c4ccccc4)c4ccc(OC)cc4)nc32)C1)OCC. The van der Waals surface area contributed by atoms with Crippen molar-refractivity contribution in [3.8, 4) is 11.6 Å². The van der Waals surface area contributed by atoms with Gasteiger partial charge in [-0.3, -0.25) is 4.57 Å². The predicted octanol–water partition coefficient (Wildman–Crippen LogP) is 7.76. The second-order valence-corrected chi connectivity index (χ2v) is 14.1. The van der Waals surface area contributed by atoms with Gasteiger partial charge in [0.15, 0.2) is 11.2 Å². The molecule has 0 bridgehead atoms. The maximum absolute atomic E-state index is 12.6. The third kappa shape index (κ3) is 8.22. The first-order valence-corrected chi connectivity index (χ1v) is 19.2. The van der Waals surface area contributed by atoms with Crippen LogP contribution in [0.5, 0.6) is 11.6 Å². The lowest BCUT2D eigenvalue weighted by atomic mass is 9.77. The molecule has 1 N–H and O–H groups in total. The smallest absolute Gasteiger partial charge is 0.356 e. The molecule has 2 aromatic heterocycles. The summed E-state index contributed by atoms with van der Waals surface area (Å²) in [7, 11) is 0.0196. The molecule has 6 rings (SSSR count). The van der Waals surface area contributed by atoms with Crippen LogP contribution in [0.1, 0.15) is 49.4 Å². The van der Waals surface area contributed by atoms with E-state index < -0.39 is 13.1 Å². The number of hydrogen-bond acceptors (Lipinski definition) is 11. The molecule has 52 heavy (non-hydrogen) atoms. The minimum atomic E-state index is -3.23. The van der Waals surface area contributed by atoms with E-state index in [1.54, 1.807) is 34.4 Å². The van der Waals surface area contributed by atoms with E-state index in [-0.39, 0.29) is 18.5 Å². The Morgan fingerprint density at radius 2 is 1.48 bits per heavy atom. The zero-order valence-corrected chi connectivity index (χ0v) is 30.9. The molecule has 274 valence electrons. The van der Waals surface area contributed by atoms with Crippen molar-refractivity contribution in [1.82, 2.24) is 19.5 Å². The highest BCUT2D eigenvalue weighted by Crippen LogP contribution is 2.48. The van der Waals surface area contributed by atoms with Gasteiger partial charge in [0.2, 0.25) is 11.8 Å². The summed E-state index contributed by atoms with van der Waals surface area (Å²) in [6, 6.07) is 28.5. The van der Waals surface area contributed by atoms with E-state index in [1.165, 1.54) is 0 Å². The van der Waals surface area contributed by atoms with Crippen molar-refractivity contribution in [1.29, 1.82) is 0 Å². The van der Waals surface area contributed by atoms with Gasteiger partial charge < -0.3 is 37.9 Å². The summed E-state index contributed by atoms with van der Waals surface area (Å²) in [5, 5.41) is 3.76. The number of hydrogen-bond donors (Lipinski definition) is 1. The lowest BCUT2D eigenvalue weighted by Crippen LogP contribution is -2.38. The fourth-order valence-electron chi connectivity index (χ4n) is 6.49. The first-order valence-electron chi connectivity index (χ1n) is 17.5. The number of fused-ring (bicyclic) bond motifs is 1. The summed E-state index contributed by atoms with van der Waals surface area (Å²) in [5.74, 6) is 1.50. The molecule has 2 atom stereocenters. The van der Waals surface area contributed by atoms with Crippen molar-refractivity contribution in [2.45, 2.75) is 44.4 Å². The summed E-state index contributed by atoms with van der Waals surface area (Å²) in [5.41, 5.74) is 3.30. The van der Waals surface area contributed by atoms with Gasteiger partial charge in [0.1, 0.15) is 17.6 Å². The van der Waals surface area contributed by atoms with Crippen LogP contribution in [0, 0.1) is 0 Å². The van der Waals surface area contributed by atoms with E-state index in [1.807, 2.05) is 53.1 Å². The topological polar surface area (TPSA) is 128 Å². The standard InChI is InChI=1S/C39H46N5O7P/c1-5-50-52(45,51-6-2)28-48-24-13-25-49-34-23-20-32(26-34)44-27-40-35-36(44)41-38(42-37(35)47-4)43-39(29-14-9-7-10-15-29,30-16-11-8-12-17-30)31-18-21-33(46-3)22-19-31/h7-12,14-23,27,32,34H,5-6,13,24-26,28H2,1-4H3,(H,41,42,43)/t32-,34+/m0/s1. The zero-order chi connectivity index (χ0) is 36.4. The number of anilines is 1. The fourth-order valence-corrected chi connectivity index (χ4v) is 7.85. The Bertz CT molecular complexity index is 1910. The average Bonchev–Trinajstić information content (AvgIpc) is 3.83. The minimum absolute atomic E-state index is 0.0448. The van der Waals surface area contributed by atoms with Gasteiger partial charge in [-0.1, -0.05) is 84.9 Å². The minimum Gasteiger partial charge on any atom is -0.497 e. The largest absolute Gasteiger partial charge is 0.497 e. The number of rotatable bonds is 19. The molecule has 0 saturated heterocycles. The Labute approximate surface area is 304 Å². The van der Waals surface area contributed by atoms with Crippen LogP contribution in [0.25, 0.3) is 11.2 Å². The van der Waals surface area contributed by atoms with E-state index in [0.717, 1.165) is 22.4 Å². The van der Waals surface area contributed by atoms with E-state index in [2.05, 4.69) is 58.9 Å². The Hall–Kier alpha value is -4.58. The van der Waals surface area contributed by atoms with Crippen LogP contribution in [0.3, 0.4) is 0 Å². The number of allylic oxidation sites excluding steroid dienone is 1. The third-order valence-electron chi connectivity index (χ3n) is 8.86. The van der Waals surface area contributed by atoms with Crippen LogP contribution in [0.15, 0.2) is 103 Å². The van der Waals surface area contributed by atoms with Crippen LogP contribution in [-0.4, -0.2) is 72.6 Å². The van der Waals surface area contributed by atoms with E-state index in [0.29, 0.717) is 62.3 Å². The number of ether oxygens (including phenoxy) is 4. The Morgan fingerprint density at radius 3 is 2.10 bits per heavy atom. The predicted molar refractivity (Wildman–Crippen MR) is 200 cm³/mol. The van der Waals surface area contributed by atoms with E-state index in [4.69, 9.17) is 38.0 Å². The van der Waals surface area contributed by atoms with Crippen molar-refractivity contribution in [3.05, 3.63) is 120 Å². The number of nitrogens with zero attached hydrogens (tertiary/aromatic N) is 4. The number of benzene rings is 3. The van der Waals surface area contributed by atoms with Gasteiger partial charge >= 0.3 is 7.60 Å². The molecule has 2 heterocycles. The number of imidazole rings is 1. The van der Waals surface area contributed by atoms with Gasteiger partial charge in [0, 0.05) is 19.6 Å². The van der Waals surface area contributed by atoms with Crippen molar-refractivity contribution in [3.63, 3.8) is 0 Å². The van der Waals surface area contributed by atoms with E-state index >= 15 is 0 Å². The molecular formula is C39H46N5O7P. The normalized spacial score (nSPS) is 16.0. The zero-order valence-electron chi connectivity index (χ0n) is 30.0. The second-order valence-electron chi connectivity index (χ2n) is 12.2. The molecule has 0 radical (unpaired) electrons. The number of methoxy groups -OCH3 is 2. The molecule has 1 aliphatic rings. The highest BCUT2D eigenvalue weighted by Gasteiger charge is 2.38. The molecule has 13 heteroatoms. The molecule has 0 amide bonds. The number of aromatic nitrogens is 4. The highest BCUT2D eigenvalue weighted by molar-refractivity contribution is 7.53. The summed E-state index contributed by atoms with van der Waals surface area (Å²) < 4.78 is 48.3. The lowest BCUT2D eigenvalue weighted by molar-refractivity contribution is 0.0560. The van der Waals surface area contributed by atoms with Crippen molar-refractivity contribution in [2.24, 2.45) is 0 Å². The van der Waals surface area contributed by atoms with Gasteiger partial charge in [-0.25, -0.2) is 4.98 Å². The third-order valence-corrected chi connectivity index (χ3v) is 10.7. The maximum atomic E-state index is 12.6. The lowest BCUT2D eigenvalue weighted by Gasteiger charge is -2.37. The Kier molecular flexibility index (Phi) is 12.4. The molecule has 0 spiro atoms.